The Hall–Kier alpha value is -3.59. The lowest BCUT2D eigenvalue weighted by Crippen LogP contribution is -2.44. The molecular weight excluding hydrogens is 537 g/mol. The van der Waals surface area contributed by atoms with Gasteiger partial charge in [-0.05, 0) is 67.1 Å². The van der Waals surface area contributed by atoms with Crippen LogP contribution in [-0.2, 0) is 0 Å². The van der Waals surface area contributed by atoms with Crippen molar-refractivity contribution >= 4 is 42.1 Å². The molecule has 0 radical (unpaired) electrons. The van der Waals surface area contributed by atoms with E-state index >= 15 is 0 Å². The van der Waals surface area contributed by atoms with Crippen molar-refractivity contribution in [3.05, 3.63) is 77.7 Å². The van der Waals surface area contributed by atoms with Gasteiger partial charge in [-0.3, -0.25) is 4.79 Å². The lowest BCUT2D eigenvalue weighted by Gasteiger charge is -2.34. The van der Waals surface area contributed by atoms with E-state index in [9.17, 15) is 4.79 Å². The minimum atomic E-state index is -0.152. The Kier molecular flexibility index (Phi) is 9.97. The smallest absolute Gasteiger partial charge is 0.255 e. The van der Waals surface area contributed by atoms with E-state index in [0.717, 1.165) is 65.6 Å². The van der Waals surface area contributed by atoms with Gasteiger partial charge in [0, 0.05) is 49.9 Å². The molecule has 0 bridgehead atoms. The van der Waals surface area contributed by atoms with Crippen LogP contribution < -0.4 is 15.0 Å². The highest BCUT2D eigenvalue weighted by molar-refractivity contribution is 6.04. The molecule has 0 spiro atoms. The van der Waals surface area contributed by atoms with Crippen molar-refractivity contribution < 1.29 is 14.1 Å². The molecule has 2 heterocycles. The summed E-state index contributed by atoms with van der Waals surface area (Å²) in [4.78, 5) is 21.9. The second-order valence-electron chi connectivity index (χ2n) is 9.38. The number of hydrogen-bond acceptors (Lipinski definition) is 7. The first kappa shape index (κ1) is 30.0. The number of anilines is 2. The number of likely N-dealkylation sites (N-methyl/N-ethyl adjacent to an activating group) is 1. The number of nitrogens with one attached hydrogen (secondary N) is 1. The predicted octanol–water partition coefficient (Wildman–Crippen LogP) is 5.88. The van der Waals surface area contributed by atoms with Gasteiger partial charge in [0.1, 0.15) is 5.75 Å². The second kappa shape index (κ2) is 13.0. The quantitative estimate of drug-likeness (QED) is 0.310. The van der Waals surface area contributed by atoms with Crippen LogP contribution in [0.2, 0.25) is 0 Å². The van der Waals surface area contributed by atoms with Crippen molar-refractivity contribution in [1.29, 1.82) is 0 Å². The third-order valence-corrected chi connectivity index (χ3v) is 6.75. The lowest BCUT2D eigenvalue weighted by molar-refractivity contribution is 0.102. The lowest BCUT2D eigenvalue weighted by atomic mass is 9.97. The number of halogens is 2. The largest absolute Gasteiger partial charge is 0.495 e. The van der Waals surface area contributed by atoms with Crippen molar-refractivity contribution in [2.24, 2.45) is 0 Å². The minimum absolute atomic E-state index is 0. The average Bonchev–Trinajstić information content (AvgIpc) is 3.35. The minimum Gasteiger partial charge on any atom is -0.495 e. The zero-order valence-corrected chi connectivity index (χ0v) is 24.1. The van der Waals surface area contributed by atoms with Gasteiger partial charge in [0.05, 0.1) is 12.8 Å². The van der Waals surface area contributed by atoms with Crippen molar-refractivity contribution in [2.75, 3.05) is 50.6 Å². The Morgan fingerprint density at radius 2 is 1.62 bits per heavy atom. The molecule has 8 nitrogen and oxygen atoms in total. The van der Waals surface area contributed by atoms with E-state index in [1.165, 1.54) is 0 Å². The molecule has 5 rings (SSSR count). The van der Waals surface area contributed by atoms with Gasteiger partial charge in [-0.2, -0.15) is 4.98 Å². The Bertz CT molecular complexity index is 1420. The van der Waals surface area contributed by atoms with Crippen LogP contribution in [-0.4, -0.2) is 61.3 Å². The molecular formula is C29H33Cl2N5O3. The number of hydrogen-bond donors (Lipinski definition) is 1. The number of nitrogens with zero attached hydrogens (tertiary/aromatic N) is 4. The van der Waals surface area contributed by atoms with E-state index in [1.807, 2.05) is 67.6 Å². The number of amides is 1. The summed E-state index contributed by atoms with van der Waals surface area (Å²) in [5.41, 5.74) is 6.45. The number of benzene rings is 3. The van der Waals surface area contributed by atoms with Gasteiger partial charge in [-0.25, -0.2) is 0 Å². The Balaban J connectivity index is 0.00000210. The Labute approximate surface area is 241 Å². The first-order chi connectivity index (χ1) is 17.9. The summed E-state index contributed by atoms with van der Waals surface area (Å²) < 4.78 is 10.7. The molecule has 1 aromatic heterocycles. The first-order valence-electron chi connectivity index (χ1n) is 12.4. The topological polar surface area (TPSA) is 83.7 Å². The molecule has 206 valence electrons. The summed E-state index contributed by atoms with van der Waals surface area (Å²) in [6, 6.07) is 19.5. The molecule has 0 aliphatic carbocycles. The van der Waals surface area contributed by atoms with Crippen LogP contribution in [0.25, 0.3) is 22.5 Å². The third-order valence-electron chi connectivity index (χ3n) is 6.75. The van der Waals surface area contributed by atoms with Crippen LogP contribution in [0.15, 0.2) is 65.2 Å². The number of rotatable bonds is 6. The molecule has 1 aliphatic rings. The maximum Gasteiger partial charge on any atom is 0.255 e. The van der Waals surface area contributed by atoms with Gasteiger partial charge >= 0.3 is 0 Å². The van der Waals surface area contributed by atoms with Crippen molar-refractivity contribution in [1.82, 2.24) is 15.0 Å². The highest BCUT2D eigenvalue weighted by Gasteiger charge is 2.19. The monoisotopic (exact) mass is 569 g/mol. The summed E-state index contributed by atoms with van der Waals surface area (Å²) in [7, 11) is 3.81. The number of aromatic nitrogens is 2. The second-order valence-corrected chi connectivity index (χ2v) is 9.38. The summed E-state index contributed by atoms with van der Waals surface area (Å²) >= 11 is 0. The maximum atomic E-state index is 13.0. The molecule has 1 aliphatic heterocycles. The fraction of sp³-hybridized carbons (Fsp3) is 0.276. The van der Waals surface area contributed by atoms with Crippen LogP contribution in [0.3, 0.4) is 0 Å². The van der Waals surface area contributed by atoms with Crippen LogP contribution in [0.5, 0.6) is 5.75 Å². The molecule has 0 unspecified atom stereocenters. The van der Waals surface area contributed by atoms with Gasteiger partial charge in [-0.15, -0.1) is 24.8 Å². The van der Waals surface area contributed by atoms with Crippen LogP contribution in [0, 0.1) is 13.8 Å². The normalized spacial score (nSPS) is 13.3. The van der Waals surface area contributed by atoms with Gasteiger partial charge in [0.15, 0.2) is 0 Å². The number of ether oxygens (including phenoxy) is 1. The van der Waals surface area contributed by atoms with E-state index in [1.54, 1.807) is 14.0 Å². The molecule has 0 atom stereocenters. The van der Waals surface area contributed by atoms with Crippen molar-refractivity contribution in [3.63, 3.8) is 0 Å². The van der Waals surface area contributed by atoms with E-state index < -0.39 is 0 Å². The van der Waals surface area contributed by atoms with E-state index in [2.05, 4.69) is 32.3 Å². The molecule has 1 N–H and O–H groups in total. The molecule has 4 aromatic rings. The average molecular weight is 571 g/mol. The SMILES string of the molecule is COc1ccc(NC(=O)c2ccc(-c3ccc(-c4noc(C)n4)cc3C)cc2)cc1N1CCN(C)CC1.Cl.Cl. The summed E-state index contributed by atoms with van der Waals surface area (Å²) in [6.07, 6.45) is 0. The van der Waals surface area contributed by atoms with Crippen molar-refractivity contribution in [2.45, 2.75) is 13.8 Å². The highest BCUT2D eigenvalue weighted by atomic mass is 35.5. The molecule has 1 saturated heterocycles. The number of piperazine rings is 1. The predicted molar refractivity (Wildman–Crippen MR) is 160 cm³/mol. The maximum absolute atomic E-state index is 13.0. The molecule has 0 saturated carbocycles. The summed E-state index contributed by atoms with van der Waals surface area (Å²) in [5, 5.41) is 7.04. The van der Waals surface area contributed by atoms with E-state index in [4.69, 9.17) is 9.26 Å². The van der Waals surface area contributed by atoms with Crippen LogP contribution in [0.1, 0.15) is 21.8 Å². The Morgan fingerprint density at radius 1 is 0.923 bits per heavy atom. The number of carbonyl (C=O) groups excluding carboxylic acids is 1. The van der Waals surface area contributed by atoms with Gasteiger partial charge in [-0.1, -0.05) is 29.4 Å². The van der Waals surface area contributed by atoms with E-state index in [-0.39, 0.29) is 30.7 Å². The number of methoxy groups -OCH3 is 1. The molecule has 10 heteroatoms. The highest BCUT2D eigenvalue weighted by Crippen LogP contribution is 2.32. The van der Waals surface area contributed by atoms with Gasteiger partial charge in [0.25, 0.3) is 5.91 Å². The van der Waals surface area contributed by atoms with Gasteiger partial charge < -0.3 is 24.4 Å². The van der Waals surface area contributed by atoms with Gasteiger partial charge in [0.2, 0.25) is 11.7 Å². The number of carbonyl (C=O) groups is 1. The standard InChI is InChI=1S/C29H31N5O3.2ClH/c1-19-17-23(28-30-20(2)37-32-28)9-11-25(19)21-5-7-22(8-6-21)29(35)31-24-10-12-27(36-4)26(18-24)34-15-13-33(3)14-16-34;;/h5-12,17-18H,13-16H2,1-4H3,(H,31,35);2*1H. The fourth-order valence-corrected chi connectivity index (χ4v) is 4.61. The van der Waals surface area contributed by atoms with E-state index in [0.29, 0.717) is 17.3 Å². The molecule has 3 aromatic carbocycles. The zero-order valence-electron chi connectivity index (χ0n) is 22.4. The van der Waals surface area contributed by atoms with Crippen molar-refractivity contribution in [3.8, 4) is 28.3 Å². The molecule has 1 fully saturated rings. The summed E-state index contributed by atoms with van der Waals surface area (Å²) in [6.45, 7) is 7.64. The number of aryl methyl sites for hydroxylation is 2. The summed E-state index contributed by atoms with van der Waals surface area (Å²) in [5.74, 6) is 1.77. The first-order valence-corrected chi connectivity index (χ1v) is 12.4. The zero-order chi connectivity index (χ0) is 25.9. The fourth-order valence-electron chi connectivity index (χ4n) is 4.61. The third kappa shape index (κ3) is 6.71. The van der Waals surface area contributed by atoms with Crippen LogP contribution >= 0.6 is 24.8 Å². The Morgan fingerprint density at radius 3 is 2.23 bits per heavy atom. The molecule has 39 heavy (non-hydrogen) atoms. The molecule has 1 amide bonds. The van der Waals surface area contributed by atoms with Crippen LogP contribution in [0.4, 0.5) is 11.4 Å².